The van der Waals surface area contributed by atoms with Crippen LogP contribution in [-0.4, -0.2) is 76.2 Å². The van der Waals surface area contributed by atoms with Gasteiger partial charge in [-0.15, -0.1) is 0 Å². The molecule has 1 aliphatic heterocycles. The molecule has 0 aromatic rings. The fraction of sp³-hybridized carbons (Fsp3) is 0.952. The molecule has 0 aromatic heterocycles. The van der Waals surface area contributed by atoms with Crippen LogP contribution in [0.3, 0.4) is 0 Å². The topological polar surface area (TPSA) is 55.3 Å². The van der Waals surface area contributed by atoms with Crippen molar-refractivity contribution in [2.75, 3.05) is 47.1 Å². The third-order valence-corrected chi connectivity index (χ3v) is 6.79. The van der Waals surface area contributed by atoms with E-state index in [2.05, 4.69) is 22.1 Å². The number of rotatable bonds is 8. The first-order valence-corrected chi connectivity index (χ1v) is 10.9. The average Bonchev–Trinajstić information content (AvgIpc) is 3.21. The molecule has 1 saturated heterocycles. The molecule has 2 atom stereocenters. The van der Waals surface area contributed by atoms with E-state index in [1.54, 1.807) is 7.11 Å². The van der Waals surface area contributed by atoms with Gasteiger partial charge >= 0.3 is 0 Å². The Bertz CT molecular complexity index is 471. The molecule has 3 fully saturated rings. The minimum Gasteiger partial charge on any atom is -0.385 e. The largest absolute Gasteiger partial charge is 0.385 e. The van der Waals surface area contributed by atoms with Crippen molar-refractivity contribution in [1.29, 1.82) is 0 Å². The molecule has 2 unspecified atom stereocenters. The monoisotopic (exact) mass is 381 g/mol. The van der Waals surface area contributed by atoms with Gasteiger partial charge in [0, 0.05) is 58.5 Å². The minimum atomic E-state index is 0.342. The molecule has 0 aromatic carbocycles. The Hall–Kier alpha value is -0.850. The van der Waals surface area contributed by atoms with Crippen LogP contribution in [0.2, 0.25) is 0 Å². The number of hydrogen-bond acceptors (Lipinski definition) is 4. The zero-order chi connectivity index (χ0) is 19.1. The van der Waals surface area contributed by atoms with Crippen molar-refractivity contribution < 1.29 is 14.2 Å². The van der Waals surface area contributed by atoms with E-state index in [-0.39, 0.29) is 0 Å². The molecule has 156 valence electrons. The molecule has 1 spiro atoms. The Morgan fingerprint density at radius 2 is 1.89 bits per heavy atom. The van der Waals surface area contributed by atoms with Crippen LogP contribution in [-0.2, 0) is 14.2 Å². The van der Waals surface area contributed by atoms with Crippen LogP contribution in [0.15, 0.2) is 4.99 Å². The zero-order valence-corrected chi connectivity index (χ0v) is 17.5. The fourth-order valence-electron chi connectivity index (χ4n) is 5.23. The number of hydrogen-bond donors (Lipinski definition) is 1. The number of piperidine rings is 1. The van der Waals surface area contributed by atoms with Gasteiger partial charge in [0.1, 0.15) is 0 Å². The van der Waals surface area contributed by atoms with Crippen molar-refractivity contribution in [3.8, 4) is 0 Å². The van der Waals surface area contributed by atoms with Crippen LogP contribution in [0, 0.1) is 5.41 Å². The van der Waals surface area contributed by atoms with E-state index >= 15 is 0 Å². The molecule has 6 heteroatoms. The Kier molecular flexibility index (Phi) is 7.79. The Morgan fingerprint density at radius 3 is 2.52 bits per heavy atom. The van der Waals surface area contributed by atoms with E-state index in [4.69, 9.17) is 14.2 Å². The van der Waals surface area contributed by atoms with Crippen molar-refractivity contribution in [3.63, 3.8) is 0 Å². The second-order valence-corrected chi connectivity index (χ2v) is 8.27. The second-order valence-electron chi connectivity index (χ2n) is 8.27. The lowest BCUT2D eigenvalue weighted by molar-refractivity contribution is -0.126. The maximum atomic E-state index is 6.06. The van der Waals surface area contributed by atoms with Gasteiger partial charge in [-0.25, -0.2) is 0 Å². The van der Waals surface area contributed by atoms with Gasteiger partial charge < -0.3 is 24.4 Å². The highest BCUT2D eigenvalue weighted by Gasteiger charge is 2.57. The normalized spacial score (nSPS) is 28.6. The average molecular weight is 382 g/mol. The van der Waals surface area contributed by atoms with Crippen molar-refractivity contribution in [2.45, 2.75) is 76.5 Å². The predicted molar refractivity (Wildman–Crippen MR) is 108 cm³/mol. The molecule has 27 heavy (non-hydrogen) atoms. The van der Waals surface area contributed by atoms with Crippen LogP contribution in [0.25, 0.3) is 0 Å². The molecular weight excluding hydrogens is 342 g/mol. The molecular formula is C21H39N3O3. The van der Waals surface area contributed by atoms with Gasteiger partial charge in [-0.1, -0.05) is 12.8 Å². The highest BCUT2D eigenvalue weighted by molar-refractivity contribution is 5.80. The van der Waals surface area contributed by atoms with E-state index in [0.29, 0.717) is 23.7 Å². The standard InChI is InChI=1S/C21H39N3O3/c1-4-26-19-16-18(21(19)10-5-6-11-21)23-20(22-2)24-12-8-17(9-13-24)27-15-7-14-25-3/h17-19H,4-16H2,1-3H3,(H,22,23). The van der Waals surface area contributed by atoms with Gasteiger partial charge in [0.05, 0.1) is 12.2 Å². The van der Waals surface area contributed by atoms with Crippen LogP contribution < -0.4 is 5.32 Å². The number of methoxy groups -OCH3 is 1. The lowest BCUT2D eigenvalue weighted by Crippen LogP contribution is -2.65. The first kappa shape index (κ1) is 20.9. The smallest absolute Gasteiger partial charge is 0.193 e. The van der Waals surface area contributed by atoms with Gasteiger partial charge in [0.25, 0.3) is 0 Å². The fourth-order valence-corrected chi connectivity index (χ4v) is 5.23. The summed E-state index contributed by atoms with van der Waals surface area (Å²) in [5.74, 6) is 1.07. The summed E-state index contributed by atoms with van der Waals surface area (Å²) < 4.78 is 17.1. The van der Waals surface area contributed by atoms with Crippen molar-refractivity contribution in [3.05, 3.63) is 0 Å². The van der Waals surface area contributed by atoms with E-state index in [1.165, 1.54) is 25.7 Å². The van der Waals surface area contributed by atoms with Crippen molar-refractivity contribution in [2.24, 2.45) is 10.4 Å². The summed E-state index contributed by atoms with van der Waals surface area (Å²) in [6.45, 7) is 6.55. The molecule has 1 heterocycles. The molecule has 1 N–H and O–H groups in total. The van der Waals surface area contributed by atoms with Crippen LogP contribution in [0.1, 0.15) is 58.3 Å². The molecule has 2 saturated carbocycles. The van der Waals surface area contributed by atoms with Gasteiger partial charge in [0.15, 0.2) is 5.96 Å². The lowest BCUT2D eigenvalue weighted by Gasteiger charge is -2.55. The number of aliphatic imine (C=N–C) groups is 1. The minimum absolute atomic E-state index is 0.342. The number of ether oxygens (including phenoxy) is 3. The number of nitrogens with zero attached hydrogens (tertiary/aromatic N) is 2. The SMILES string of the molecule is CCOC1CC(NC(=NC)N2CCC(OCCCOC)CC2)C12CCCC2. The molecule has 3 rings (SSSR count). The van der Waals surface area contributed by atoms with Gasteiger partial charge in [0.2, 0.25) is 0 Å². The Morgan fingerprint density at radius 1 is 1.15 bits per heavy atom. The number of nitrogens with one attached hydrogen (secondary N) is 1. The maximum Gasteiger partial charge on any atom is 0.193 e. The molecule has 0 amide bonds. The summed E-state index contributed by atoms with van der Waals surface area (Å²) in [6, 6.07) is 0.512. The maximum absolute atomic E-state index is 6.06. The summed E-state index contributed by atoms with van der Waals surface area (Å²) in [7, 11) is 3.65. The predicted octanol–water partition coefficient (Wildman–Crippen LogP) is 2.82. The summed E-state index contributed by atoms with van der Waals surface area (Å²) in [6.07, 6.45) is 10.3. The van der Waals surface area contributed by atoms with Crippen LogP contribution in [0.4, 0.5) is 0 Å². The van der Waals surface area contributed by atoms with Gasteiger partial charge in [-0.3, -0.25) is 4.99 Å². The molecule has 0 bridgehead atoms. The first-order chi connectivity index (χ1) is 13.2. The third kappa shape index (κ3) is 4.77. The summed E-state index contributed by atoms with van der Waals surface area (Å²) in [5, 5.41) is 3.81. The lowest BCUT2D eigenvalue weighted by atomic mass is 9.60. The molecule has 6 nitrogen and oxygen atoms in total. The molecule has 3 aliphatic rings. The Balaban J connectivity index is 1.46. The van der Waals surface area contributed by atoms with E-state index in [1.807, 2.05) is 7.05 Å². The number of likely N-dealkylation sites (tertiary alicyclic amines) is 1. The van der Waals surface area contributed by atoms with Gasteiger partial charge in [-0.05, 0) is 45.4 Å². The van der Waals surface area contributed by atoms with E-state index in [9.17, 15) is 0 Å². The van der Waals surface area contributed by atoms with Crippen LogP contribution in [0.5, 0.6) is 0 Å². The molecule has 0 radical (unpaired) electrons. The van der Waals surface area contributed by atoms with Crippen molar-refractivity contribution >= 4 is 5.96 Å². The van der Waals surface area contributed by atoms with E-state index < -0.39 is 0 Å². The summed E-state index contributed by atoms with van der Waals surface area (Å²) in [5.41, 5.74) is 0.342. The number of guanidine groups is 1. The quantitative estimate of drug-likeness (QED) is 0.398. The van der Waals surface area contributed by atoms with E-state index in [0.717, 1.165) is 64.6 Å². The van der Waals surface area contributed by atoms with Crippen LogP contribution >= 0.6 is 0 Å². The second kappa shape index (κ2) is 10.1. The first-order valence-electron chi connectivity index (χ1n) is 10.9. The van der Waals surface area contributed by atoms with Crippen molar-refractivity contribution in [1.82, 2.24) is 10.2 Å². The summed E-state index contributed by atoms with van der Waals surface area (Å²) in [4.78, 5) is 7.01. The van der Waals surface area contributed by atoms with Gasteiger partial charge in [-0.2, -0.15) is 0 Å². The Labute approximate surface area is 165 Å². The highest BCUT2D eigenvalue weighted by atomic mass is 16.5. The highest BCUT2D eigenvalue weighted by Crippen LogP contribution is 2.54. The third-order valence-electron chi connectivity index (χ3n) is 6.79. The molecule has 2 aliphatic carbocycles. The summed E-state index contributed by atoms with van der Waals surface area (Å²) >= 11 is 0. The zero-order valence-electron chi connectivity index (χ0n) is 17.5.